The van der Waals surface area contributed by atoms with Gasteiger partial charge in [0.1, 0.15) is 17.6 Å². The van der Waals surface area contributed by atoms with Crippen LogP contribution in [-0.4, -0.2) is 29.9 Å². The van der Waals surface area contributed by atoms with Gasteiger partial charge in [0.25, 0.3) is 0 Å². The molecule has 0 bridgehead atoms. The molecule has 2 rings (SSSR count). The lowest BCUT2D eigenvalue weighted by Crippen LogP contribution is -2.35. The summed E-state index contributed by atoms with van der Waals surface area (Å²) in [6.07, 6.45) is 0.973. The van der Waals surface area contributed by atoms with Gasteiger partial charge in [0.15, 0.2) is 0 Å². The maximum atomic E-state index is 11.9. The van der Waals surface area contributed by atoms with Crippen molar-refractivity contribution in [2.24, 2.45) is 16.6 Å². The molecular formula is C16H23N3O2. The van der Waals surface area contributed by atoms with E-state index in [-0.39, 0.29) is 12.1 Å². The first-order valence-corrected chi connectivity index (χ1v) is 7.40. The minimum Gasteiger partial charge on any atom is -0.494 e. The quantitative estimate of drug-likeness (QED) is 0.875. The van der Waals surface area contributed by atoms with E-state index in [0.717, 1.165) is 17.7 Å². The maximum Gasteiger partial charge on any atom is 0.346 e. The number of benzene rings is 1. The van der Waals surface area contributed by atoms with E-state index in [1.165, 1.54) is 0 Å². The lowest BCUT2D eigenvalue weighted by Gasteiger charge is -2.26. The number of hydrogen-bond donors (Lipinski definition) is 1. The SMILES string of the molecule is CCCOc1ccc(C2C(N)=NC(=O)N2CC(C)C)cc1. The Morgan fingerprint density at radius 3 is 2.57 bits per heavy atom. The molecule has 1 unspecified atom stereocenters. The van der Waals surface area contributed by atoms with Gasteiger partial charge in [-0.15, -0.1) is 0 Å². The van der Waals surface area contributed by atoms with E-state index in [0.29, 0.717) is 24.9 Å². The van der Waals surface area contributed by atoms with Gasteiger partial charge in [-0.2, -0.15) is 4.99 Å². The van der Waals surface area contributed by atoms with Crippen molar-refractivity contribution in [1.29, 1.82) is 0 Å². The highest BCUT2D eigenvalue weighted by Crippen LogP contribution is 2.29. The Kier molecular flexibility index (Phi) is 4.83. The van der Waals surface area contributed by atoms with Crippen LogP contribution in [-0.2, 0) is 0 Å². The lowest BCUT2D eigenvalue weighted by atomic mass is 10.0. The smallest absolute Gasteiger partial charge is 0.346 e. The van der Waals surface area contributed by atoms with E-state index in [1.807, 2.05) is 24.3 Å². The molecule has 1 aliphatic heterocycles. The molecule has 1 atom stereocenters. The highest BCUT2D eigenvalue weighted by molar-refractivity contribution is 6.03. The highest BCUT2D eigenvalue weighted by atomic mass is 16.5. The summed E-state index contributed by atoms with van der Waals surface area (Å²) in [7, 11) is 0. The molecule has 2 N–H and O–H groups in total. The molecule has 0 aliphatic carbocycles. The van der Waals surface area contributed by atoms with Crippen molar-refractivity contribution in [2.45, 2.75) is 33.2 Å². The molecule has 1 heterocycles. The Morgan fingerprint density at radius 2 is 2.00 bits per heavy atom. The fourth-order valence-electron chi connectivity index (χ4n) is 2.40. The molecule has 5 heteroatoms. The largest absolute Gasteiger partial charge is 0.494 e. The second kappa shape index (κ2) is 6.61. The van der Waals surface area contributed by atoms with Crippen molar-refractivity contribution in [1.82, 2.24) is 4.90 Å². The fraction of sp³-hybridized carbons (Fsp3) is 0.500. The van der Waals surface area contributed by atoms with Crippen LogP contribution in [0, 0.1) is 5.92 Å². The summed E-state index contributed by atoms with van der Waals surface area (Å²) in [4.78, 5) is 17.6. The molecule has 114 valence electrons. The second-order valence-electron chi connectivity index (χ2n) is 5.69. The van der Waals surface area contributed by atoms with E-state index in [2.05, 4.69) is 25.8 Å². The predicted molar refractivity (Wildman–Crippen MR) is 83.5 cm³/mol. The third kappa shape index (κ3) is 3.54. The molecule has 0 radical (unpaired) electrons. The number of hydrogen-bond acceptors (Lipinski definition) is 3. The number of amides is 2. The highest BCUT2D eigenvalue weighted by Gasteiger charge is 2.34. The zero-order valence-electron chi connectivity index (χ0n) is 12.9. The summed E-state index contributed by atoms with van der Waals surface area (Å²) < 4.78 is 5.57. The van der Waals surface area contributed by atoms with Crippen molar-refractivity contribution < 1.29 is 9.53 Å². The van der Waals surface area contributed by atoms with Crippen LogP contribution in [0.3, 0.4) is 0 Å². The summed E-state index contributed by atoms with van der Waals surface area (Å²) in [5, 5.41) is 0. The number of carbonyl (C=O) groups excluding carboxylic acids is 1. The summed E-state index contributed by atoms with van der Waals surface area (Å²) in [6, 6.07) is 7.20. The molecule has 0 fully saturated rings. The Balaban J connectivity index is 2.18. The number of amidine groups is 1. The van der Waals surface area contributed by atoms with E-state index in [9.17, 15) is 4.79 Å². The Labute approximate surface area is 125 Å². The number of urea groups is 1. The van der Waals surface area contributed by atoms with E-state index >= 15 is 0 Å². The Bertz CT molecular complexity index is 523. The molecule has 1 aromatic carbocycles. The van der Waals surface area contributed by atoms with Gasteiger partial charge in [-0.1, -0.05) is 32.9 Å². The lowest BCUT2D eigenvalue weighted by molar-refractivity contribution is 0.199. The predicted octanol–water partition coefficient (Wildman–Crippen LogP) is 2.97. The average molecular weight is 289 g/mol. The zero-order valence-corrected chi connectivity index (χ0v) is 12.9. The molecule has 5 nitrogen and oxygen atoms in total. The number of nitrogens with zero attached hydrogens (tertiary/aromatic N) is 2. The van der Waals surface area contributed by atoms with Crippen LogP contribution in [0.1, 0.15) is 38.8 Å². The maximum absolute atomic E-state index is 11.9. The van der Waals surface area contributed by atoms with Crippen LogP contribution in [0.5, 0.6) is 5.75 Å². The van der Waals surface area contributed by atoms with Gasteiger partial charge in [-0.25, -0.2) is 4.79 Å². The van der Waals surface area contributed by atoms with Crippen LogP contribution in [0.25, 0.3) is 0 Å². The number of nitrogens with two attached hydrogens (primary N) is 1. The van der Waals surface area contributed by atoms with Gasteiger partial charge in [0.05, 0.1) is 6.61 Å². The van der Waals surface area contributed by atoms with Gasteiger partial charge in [-0.3, -0.25) is 0 Å². The topological polar surface area (TPSA) is 67.9 Å². The fourth-order valence-corrected chi connectivity index (χ4v) is 2.40. The van der Waals surface area contributed by atoms with Gasteiger partial charge in [0.2, 0.25) is 0 Å². The van der Waals surface area contributed by atoms with Crippen LogP contribution in [0.15, 0.2) is 29.3 Å². The number of rotatable bonds is 6. The Hall–Kier alpha value is -2.04. The van der Waals surface area contributed by atoms with Crippen molar-refractivity contribution in [2.75, 3.05) is 13.2 Å². The molecule has 0 aromatic heterocycles. The van der Waals surface area contributed by atoms with E-state index in [1.54, 1.807) is 4.90 Å². The van der Waals surface area contributed by atoms with Crippen LogP contribution < -0.4 is 10.5 Å². The molecular weight excluding hydrogens is 266 g/mol. The van der Waals surface area contributed by atoms with Crippen molar-refractivity contribution in [3.05, 3.63) is 29.8 Å². The van der Waals surface area contributed by atoms with Crippen LogP contribution in [0.4, 0.5) is 4.79 Å². The molecule has 0 saturated carbocycles. The summed E-state index contributed by atoms with van der Waals surface area (Å²) in [6.45, 7) is 7.55. The molecule has 1 aromatic rings. The third-order valence-corrected chi connectivity index (χ3v) is 3.29. The summed E-state index contributed by atoms with van der Waals surface area (Å²) in [5.74, 6) is 1.56. The minimum atomic E-state index is -0.264. The number of ether oxygens (including phenoxy) is 1. The van der Waals surface area contributed by atoms with E-state index < -0.39 is 0 Å². The molecule has 21 heavy (non-hydrogen) atoms. The van der Waals surface area contributed by atoms with Gasteiger partial charge < -0.3 is 15.4 Å². The zero-order chi connectivity index (χ0) is 15.4. The first kappa shape index (κ1) is 15.4. The Morgan fingerprint density at radius 1 is 1.33 bits per heavy atom. The molecule has 0 saturated heterocycles. The van der Waals surface area contributed by atoms with Crippen molar-refractivity contribution in [3.63, 3.8) is 0 Å². The molecule has 1 aliphatic rings. The van der Waals surface area contributed by atoms with Gasteiger partial charge >= 0.3 is 6.03 Å². The van der Waals surface area contributed by atoms with Gasteiger partial charge in [-0.05, 0) is 30.0 Å². The van der Waals surface area contributed by atoms with E-state index in [4.69, 9.17) is 10.5 Å². The second-order valence-corrected chi connectivity index (χ2v) is 5.69. The van der Waals surface area contributed by atoms with Gasteiger partial charge in [0, 0.05) is 6.54 Å². The van der Waals surface area contributed by atoms with Crippen LogP contribution >= 0.6 is 0 Å². The standard InChI is InChI=1S/C16H23N3O2/c1-4-9-21-13-7-5-12(6-8-13)14-15(17)18-16(20)19(14)10-11(2)3/h5-8,11,14H,4,9-10H2,1-3H3,(H2,17,18,20). The minimum absolute atomic E-state index is 0.252. The van der Waals surface area contributed by atoms with Crippen molar-refractivity contribution >= 4 is 11.9 Å². The molecule has 0 spiro atoms. The third-order valence-electron chi connectivity index (χ3n) is 3.29. The van der Waals surface area contributed by atoms with Crippen molar-refractivity contribution in [3.8, 4) is 5.75 Å². The monoisotopic (exact) mass is 289 g/mol. The molecule has 2 amide bonds. The normalized spacial score (nSPS) is 18.3. The van der Waals surface area contributed by atoms with Crippen LogP contribution in [0.2, 0.25) is 0 Å². The average Bonchev–Trinajstić information content (AvgIpc) is 2.71. The first-order valence-electron chi connectivity index (χ1n) is 7.40. The number of aliphatic imine (C=N–C) groups is 1. The summed E-state index contributed by atoms with van der Waals surface area (Å²) in [5.41, 5.74) is 6.91. The first-order chi connectivity index (χ1) is 10.0. The summed E-state index contributed by atoms with van der Waals surface area (Å²) >= 11 is 0. The number of carbonyl (C=O) groups is 1.